The second-order valence-corrected chi connectivity index (χ2v) is 5.38. The first-order valence-corrected chi connectivity index (χ1v) is 7.04. The summed E-state index contributed by atoms with van der Waals surface area (Å²) in [5.41, 5.74) is 3.69. The summed E-state index contributed by atoms with van der Waals surface area (Å²) in [5.74, 6) is 0.797. The molecule has 0 bridgehead atoms. The van der Waals surface area contributed by atoms with E-state index in [4.69, 9.17) is 4.52 Å². The van der Waals surface area contributed by atoms with Crippen LogP contribution in [0.1, 0.15) is 30.9 Å². The van der Waals surface area contributed by atoms with Gasteiger partial charge in [0.05, 0.1) is 5.69 Å². The van der Waals surface area contributed by atoms with Gasteiger partial charge >= 0.3 is 0 Å². The molecule has 2 N–H and O–H groups in total. The molecule has 0 atom stereocenters. The Balaban J connectivity index is 2.03. The van der Waals surface area contributed by atoms with E-state index in [1.807, 2.05) is 52.0 Å². The van der Waals surface area contributed by atoms with Crippen molar-refractivity contribution in [2.45, 2.75) is 34.2 Å². The van der Waals surface area contributed by atoms with Crippen LogP contribution in [-0.4, -0.2) is 11.1 Å². The van der Waals surface area contributed by atoms with E-state index in [9.17, 15) is 4.79 Å². The van der Waals surface area contributed by atoms with E-state index in [-0.39, 0.29) is 11.8 Å². The van der Waals surface area contributed by atoms with E-state index < -0.39 is 0 Å². The van der Waals surface area contributed by atoms with Gasteiger partial charge in [-0.2, -0.15) is 0 Å². The number of hydrogen-bond acceptors (Lipinski definition) is 4. The van der Waals surface area contributed by atoms with Crippen molar-refractivity contribution in [3.8, 4) is 0 Å². The molecule has 5 heteroatoms. The third kappa shape index (κ3) is 3.84. The van der Waals surface area contributed by atoms with Gasteiger partial charge in [0.25, 0.3) is 0 Å². The van der Waals surface area contributed by atoms with E-state index in [0.29, 0.717) is 6.54 Å². The van der Waals surface area contributed by atoms with Crippen molar-refractivity contribution in [1.82, 2.24) is 5.16 Å². The fourth-order valence-electron chi connectivity index (χ4n) is 1.94. The first kappa shape index (κ1) is 15.1. The summed E-state index contributed by atoms with van der Waals surface area (Å²) in [6, 6.07) is 7.66. The zero-order valence-corrected chi connectivity index (χ0v) is 12.9. The zero-order chi connectivity index (χ0) is 15.4. The number of anilines is 2. The fraction of sp³-hybridized carbons (Fsp3) is 0.375. The van der Waals surface area contributed by atoms with Gasteiger partial charge < -0.3 is 15.2 Å². The number of rotatable bonds is 5. The smallest absolute Gasteiger partial charge is 0.226 e. The average molecular weight is 287 g/mol. The van der Waals surface area contributed by atoms with Crippen molar-refractivity contribution < 1.29 is 9.32 Å². The van der Waals surface area contributed by atoms with Crippen molar-refractivity contribution in [2.75, 3.05) is 10.6 Å². The van der Waals surface area contributed by atoms with Gasteiger partial charge in [-0.3, -0.25) is 4.79 Å². The maximum atomic E-state index is 11.7. The molecule has 112 valence electrons. The highest BCUT2D eigenvalue weighted by Crippen LogP contribution is 2.19. The Morgan fingerprint density at radius 3 is 2.62 bits per heavy atom. The van der Waals surface area contributed by atoms with Crippen LogP contribution in [0.2, 0.25) is 0 Å². The van der Waals surface area contributed by atoms with Crippen LogP contribution in [0.15, 0.2) is 28.8 Å². The molecule has 5 nitrogen and oxygen atoms in total. The molecule has 0 aliphatic heterocycles. The van der Waals surface area contributed by atoms with Gasteiger partial charge in [0, 0.05) is 29.4 Å². The molecule has 1 aromatic heterocycles. The van der Waals surface area contributed by atoms with Crippen molar-refractivity contribution >= 4 is 17.3 Å². The SMILES string of the molecule is Cc1noc(C)c1CNc1cccc(NC(=O)C(C)C)c1. The van der Waals surface area contributed by atoms with Gasteiger partial charge in [0.15, 0.2) is 0 Å². The number of hydrogen-bond donors (Lipinski definition) is 2. The molecular formula is C16H21N3O2. The first-order chi connectivity index (χ1) is 9.97. The molecule has 0 fully saturated rings. The number of amides is 1. The van der Waals surface area contributed by atoms with E-state index in [1.54, 1.807) is 0 Å². The molecule has 21 heavy (non-hydrogen) atoms. The Bertz CT molecular complexity index is 613. The molecule has 0 spiro atoms. The number of aryl methyl sites for hydroxylation is 2. The molecule has 0 aliphatic carbocycles. The largest absolute Gasteiger partial charge is 0.381 e. The lowest BCUT2D eigenvalue weighted by Gasteiger charge is -2.10. The quantitative estimate of drug-likeness (QED) is 0.883. The number of aromatic nitrogens is 1. The molecular weight excluding hydrogens is 266 g/mol. The second-order valence-electron chi connectivity index (χ2n) is 5.38. The van der Waals surface area contributed by atoms with Gasteiger partial charge in [0.1, 0.15) is 5.76 Å². The highest BCUT2D eigenvalue weighted by atomic mass is 16.5. The first-order valence-electron chi connectivity index (χ1n) is 7.04. The van der Waals surface area contributed by atoms with Crippen LogP contribution < -0.4 is 10.6 Å². The predicted octanol–water partition coefficient (Wildman–Crippen LogP) is 3.50. The summed E-state index contributed by atoms with van der Waals surface area (Å²) in [6.07, 6.45) is 0. The Hall–Kier alpha value is -2.30. The van der Waals surface area contributed by atoms with Gasteiger partial charge in [-0.05, 0) is 32.0 Å². The molecule has 1 aromatic carbocycles. The lowest BCUT2D eigenvalue weighted by Crippen LogP contribution is -2.17. The maximum absolute atomic E-state index is 11.7. The molecule has 0 aliphatic rings. The summed E-state index contributed by atoms with van der Waals surface area (Å²) in [7, 11) is 0. The van der Waals surface area contributed by atoms with Crippen LogP contribution in [0.3, 0.4) is 0 Å². The van der Waals surface area contributed by atoms with Gasteiger partial charge in [-0.1, -0.05) is 25.1 Å². The van der Waals surface area contributed by atoms with Gasteiger partial charge in [0.2, 0.25) is 5.91 Å². The number of carbonyl (C=O) groups excluding carboxylic acids is 1. The van der Waals surface area contributed by atoms with E-state index in [2.05, 4.69) is 15.8 Å². The summed E-state index contributed by atoms with van der Waals surface area (Å²) >= 11 is 0. The highest BCUT2D eigenvalue weighted by Gasteiger charge is 2.09. The number of benzene rings is 1. The van der Waals surface area contributed by atoms with E-state index in [1.165, 1.54) is 0 Å². The molecule has 2 aromatic rings. The van der Waals surface area contributed by atoms with Crippen LogP contribution in [0.25, 0.3) is 0 Å². The lowest BCUT2D eigenvalue weighted by molar-refractivity contribution is -0.118. The highest BCUT2D eigenvalue weighted by molar-refractivity contribution is 5.92. The fourth-order valence-corrected chi connectivity index (χ4v) is 1.94. The lowest BCUT2D eigenvalue weighted by atomic mass is 10.2. The van der Waals surface area contributed by atoms with Crippen molar-refractivity contribution in [3.63, 3.8) is 0 Å². The topological polar surface area (TPSA) is 67.2 Å². The molecule has 2 rings (SSSR count). The normalized spacial score (nSPS) is 10.7. The Kier molecular flexibility index (Phi) is 4.62. The van der Waals surface area contributed by atoms with Crippen LogP contribution in [0, 0.1) is 19.8 Å². The molecule has 1 amide bonds. The number of nitrogens with zero attached hydrogens (tertiary/aromatic N) is 1. The standard InChI is InChI=1S/C16H21N3O2/c1-10(2)16(20)18-14-7-5-6-13(8-14)17-9-15-11(3)19-21-12(15)4/h5-8,10,17H,9H2,1-4H3,(H,18,20). The number of carbonyl (C=O) groups is 1. The molecule has 0 unspecified atom stereocenters. The second kappa shape index (κ2) is 6.43. The zero-order valence-electron chi connectivity index (χ0n) is 12.9. The minimum atomic E-state index is -0.0380. The van der Waals surface area contributed by atoms with Crippen molar-refractivity contribution in [1.29, 1.82) is 0 Å². The number of nitrogens with one attached hydrogen (secondary N) is 2. The van der Waals surface area contributed by atoms with Crippen molar-refractivity contribution in [3.05, 3.63) is 41.3 Å². The summed E-state index contributed by atoms with van der Waals surface area (Å²) in [5, 5.41) is 10.1. The third-order valence-electron chi connectivity index (χ3n) is 3.30. The van der Waals surface area contributed by atoms with Gasteiger partial charge in [-0.25, -0.2) is 0 Å². The Labute approximate surface area is 124 Å². The predicted molar refractivity (Wildman–Crippen MR) is 83.2 cm³/mol. The average Bonchev–Trinajstić information content (AvgIpc) is 2.76. The summed E-state index contributed by atoms with van der Waals surface area (Å²) in [6.45, 7) is 8.20. The van der Waals surface area contributed by atoms with Crippen LogP contribution in [0.4, 0.5) is 11.4 Å². The minimum Gasteiger partial charge on any atom is -0.381 e. The van der Waals surface area contributed by atoms with Crippen molar-refractivity contribution in [2.24, 2.45) is 5.92 Å². The van der Waals surface area contributed by atoms with Crippen LogP contribution in [-0.2, 0) is 11.3 Å². The monoisotopic (exact) mass is 287 g/mol. The summed E-state index contributed by atoms with van der Waals surface area (Å²) in [4.78, 5) is 11.7. The Morgan fingerprint density at radius 2 is 2.00 bits per heavy atom. The Morgan fingerprint density at radius 1 is 1.29 bits per heavy atom. The maximum Gasteiger partial charge on any atom is 0.226 e. The summed E-state index contributed by atoms with van der Waals surface area (Å²) < 4.78 is 5.14. The van der Waals surface area contributed by atoms with E-state index in [0.717, 1.165) is 28.4 Å². The third-order valence-corrected chi connectivity index (χ3v) is 3.30. The minimum absolute atomic E-state index is 0.0119. The molecule has 0 saturated heterocycles. The molecule has 0 radical (unpaired) electrons. The van der Waals surface area contributed by atoms with E-state index >= 15 is 0 Å². The molecule has 0 saturated carbocycles. The van der Waals surface area contributed by atoms with Gasteiger partial charge in [-0.15, -0.1) is 0 Å². The van der Waals surface area contributed by atoms with Crippen LogP contribution >= 0.6 is 0 Å². The van der Waals surface area contributed by atoms with Crippen LogP contribution in [0.5, 0.6) is 0 Å². The molecule has 1 heterocycles.